The number of halogens is 1. The largest absolute Gasteiger partial charge is 0.497 e. The molecule has 39 heavy (non-hydrogen) atoms. The van der Waals surface area contributed by atoms with Gasteiger partial charge in [-0.25, -0.2) is 4.79 Å². The molecule has 5 nitrogen and oxygen atoms in total. The standard InChI is InChI=1S/C33H34ClNO4/c1-37-27-18-14-23(15-19-27)29(30-20-16-24-13-17-26(34)21-31(24)35-30)22-33(32(36)38-2,25-9-5-3-6-10-25)39-28-11-7-4-8-12-28/h3,5-6,9-10,13-21,28-29H,4,7-8,11-12,22H2,1-2H3. The first-order valence-electron chi connectivity index (χ1n) is 13.5. The highest BCUT2D eigenvalue weighted by Crippen LogP contribution is 2.43. The van der Waals surface area contributed by atoms with Crippen LogP contribution in [0.4, 0.5) is 0 Å². The predicted octanol–water partition coefficient (Wildman–Crippen LogP) is 7.84. The van der Waals surface area contributed by atoms with E-state index >= 15 is 0 Å². The number of pyridine rings is 1. The van der Waals surface area contributed by atoms with Crippen molar-refractivity contribution in [2.24, 2.45) is 0 Å². The van der Waals surface area contributed by atoms with Gasteiger partial charge >= 0.3 is 5.97 Å². The minimum Gasteiger partial charge on any atom is -0.497 e. The lowest BCUT2D eigenvalue weighted by atomic mass is 9.79. The second-order valence-electron chi connectivity index (χ2n) is 10.2. The molecule has 1 aliphatic rings. The van der Waals surface area contributed by atoms with Crippen LogP contribution >= 0.6 is 11.6 Å². The van der Waals surface area contributed by atoms with Crippen molar-refractivity contribution in [2.45, 2.75) is 56.1 Å². The maximum absolute atomic E-state index is 13.9. The van der Waals surface area contributed by atoms with Gasteiger partial charge in [-0.2, -0.15) is 0 Å². The second-order valence-corrected chi connectivity index (χ2v) is 10.6. The molecule has 0 aliphatic heterocycles. The van der Waals surface area contributed by atoms with Gasteiger partial charge in [0, 0.05) is 28.4 Å². The Hall–Kier alpha value is -3.41. The summed E-state index contributed by atoms with van der Waals surface area (Å²) in [6.45, 7) is 0. The zero-order chi connectivity index (χ0) is 27.2. The molecule has 2 atom stereocenters. The Bertz CT molecular complexity index is 1400. The minimum atomic E-state index is -1.31. The lowest BCUT2D eigenvalue weighted by Crippen LogP contribution is -2.44. The van der Waals surface area contributed by atoms with Crippen LogP contribution in [0, 0.1) is 0 Å². The maximum atomic E-state index is 13.9. The molecule has 5 rings (SSSR count). The lowest BCUT2D eigenvalue weighted by molar-refractivity contribution is -0.185. The fourth-order valence-electron chi connectivity index (χ4n) is 5.64. The van der Waals surface area contributed by atoms with Gasteiger partial charge in [0.05, 0.1) is 25.8 Å². The Balaban J connectivity index is 1.66. The molecule has 2 unspecified atom stereocenters. The average molecular weight is 544 g/mol. The van der Waals surface area contributed by atoms with Crippen LogP contribution in [0.15, 0.2) is 84.9 Å². The molecule has 1 aliphatic carbocycles. The van der Waals surface area contributed by atoms with E-state index in [1.54, 1.807) is 7.11 Å². The number of esters is 1. The molecule has 0 spiro atoms. The molecule has 4 aromatic rings. The number of benzene rings is 3. The number of aromatic nitrogens is 1. The molecule has 1 fully saturated rings. The quantitative estimate of drug-likeness (QED) is 0.201. The first kappa shape index (κ1) is 27.2. The molecule has 1 aromatic heterocycles. The Morgan fingerprint density at radius 2 is 1.67 bits per heavy atom. The normalized spacial score (nSPS) is 16.4. The molecule has 6 heteroatoms. The maximum Gasteiger partial charge on any atom is 0.342 e. The van der Waals surface area contributed by atoms with Crippen molar-refractivity contribution in [3.8, 4) is 5.75 Å². The van der Waals surface area contributed by atoms with Crippen LogP contribution in [0.2, 0.25) is 5.02 Å². The molecular formula is C33H34ClNO4. The number of hydrogen-bond donors (Lipinski definition) is 0. The van der Waals surface area contributed by atoms with Crippen LogP contribution in [0.3, 0.4) is 0 Å². The topological polar surface area (TPSA) is 57.7 Å². The van der Waals surface area contributed by atoms with Crippen molar-refractivity contribution >= 4 is 28.5 Å². The summed E-state index contributed by atoms with van der Waals surface area (Å²) in [7, 11) is 3.08. The van der Waals surface area contributed by atoms with Crippen LogP contribution in [-0.2, 0) is 19.9 Å². The van der Waals surface area contributed by atoms with Gasteiger partial charge in [0.2, 0.25) is 0 Å². The Morgan fingerprint density at radius 1 is 0.949 bits per heavy atom. The van der Waals surface area contributed by atoms with E-state index in [0.29, 0.717) is 11.4 Å². The number of methoxy groups -OCH3 is 2. The van der Waals surface area contributed by atoms with E-state index in [9.17, 15) is 4.79 Å². The number of fused-ring (bicyclic) bond motifs is 1. The third-order valence-corrected chi connectivity index (χ3v) is 7.95. The highest BCUT2D eigenvalue weighted by atomic mass is 35.5. The Labute approximate surface area is 235 Å². The molecule has 0 saturated heterocycles. The van der Waals surface area contributed by atoms with Gasteiger partial charge in [-0.3, -0.25) is 4.98 Å². The van der Waals surface area contributed by atoms with Crippen molar-refractivity contribution in [2.75, 3.05) is 14.2 Å². The highest BCUT2D eigenvalue weighted by molar-refractivity contribution is 6.31. The molecule has 0 amide bonds. The first-order valence-corrected chi connectivity index (χ1v) is 13.9. The molecule has 1 saturated carbocycles. The molecule has 1 heterocycles. The van der Waals surface area contributed by atoms with E-state index in [2.05, 4.69) is 6.07 Å². The van der Waals surface area contributed by atoms with Crippen LogP contribution in [0.25, 0.3) is 10.9 Å². The van der Waals surface area contributed by atoms with Crippen molar-refractivity contribution in [3.63, 3.8) is 0 Å². The van der Waals surface area contributed by atoms with E-state index in [1.165, 1.54) is 13.5 Å². The predicted molar refractivity (Wildman–Crippen MR) is 154 cm³/mol. The smallest absolute Gasteiger partial charge is 0.342 e. The molecule has 3 aromatic carbocycles. The summed E-state index contributed by atoms with van der Waals surface area (Å²) in [6, 6.07) is 27.4. The zero-order valence-corrected chi connectivity index (χ0v) is 23.2. The summed E-state index contributed by atoms with van der Waals surface area (Å²) in [5.74, 6) is 0.0836. The van der Waals surface area contributed by atoms with Crippen LogP contribution < -0.4 is 4.74 Å². The SMILES string of the molecule is COC(=O)C(CC(c1ccc(OC)cc1)c1ccc2ccc(Cl)cc2n1)(OC1CCCCC1)c1ccccc1. The molecular weight excluding hydrogens is 510 g/mol. The summed E-state index contributed by atoms with van der Waals surface area (Å²) in [6.07, 6.45) is 5.51. The van der Waals surface area contributed by atoms with Gasteiger partial charge in [0.25, 0.3) is 0 Å². The lowest BCUT2D eigenvalue weighted by Gasteiger charge is -2.39. The zero-order valence-electron chi connectivity index (χ0n) is 22.4. The van der Waals surface area contributed by atoms with Crippen molar-refractivity contribution < 1.29 is 19.0 Å². The molecule has 0 bridgehead atoms. The van der Waals surface area contributed by atoms with E-state index in [-0.39, 0.29) is 12.0 Å². The summed E-state index contributed by atoms with van der Waals surface area (Å²) in [4.78, 5) is 18.9. The third kappa shape index (κ3) is 5.95. The highest BCUT2D eigenvalue weighted by Gasteiger charge is 2.47. The van der Waals surface area contributed by atoms with E-state index in [1.807, 2.05) is 78.9 Å². The van der Waals surface area contributed by atoms with E-state index in [0.717, 1.165) is 59.2 Å². The van der Waals surface area contributed by atoms with Crippen molar-refractivity contribution in [1.29, 1.82) is 0 Å². The number of carbonyl (C=O) groups is 1. The fourth-order valence-corrected chi connectivity index (χ4v) is 5.81. The van der Waals surface area contributed by atoms with E-state index in [4.69, 9.17) is 30.8 Å². The minimum absolute atomic E-state index is 0.0297. The Morgan fingerprint density at radius 3 is 2.36 bits per heavy atom. The molecule has 0 N–H and O–H groups in total. The summed E-state index contributed by atoms with van der Waals surface area (Å²) >= 11 is 6.32. The Kier molecular flexibility index (Phi) is 8.49. The first-order chi connectivity index (χ1) is 19.0. The number of nitrogens with zero attached hydrogens (tertiary/aromatic N) is 1. The summed E-state index contributed by atoms with van der Waals surface area (Å²) in [5.41, 5.74) is 2.10. The van der Waals surface area contributed by atoms with Gasteiger partial charge < -0.3 is 14.2 Å². The summed E-state index contributed by atoms with van der Waals surface area (Å²) in [5, 5.41) is 1.62. The van der Waals surface area contributed by atoms with Crippen molar-refractivity contribution in [1.82, 2.24) is 4.98 Å². The summed E-state index contributed by atoms with van der Waals surface area (Å²) < 4.78 is 17.8. The molecule has 0 radical (unpaired) electrons. The number of rotatable bonds is 9. The van der Waals surface area contributed by atoms with Crippen LogP contribution in [-0.4, -0.2) is 31.3 Å². The van der Waals surface area contributed by atoms with Crippen LogP contribution in [0.5, 0.6) is 5.75 Å². The second kappa shape index (κ2) is 12.2. The van der Waals surface area contributed by atoms with E-state index < -0.39 is 11.6 Å². The van der Waals surface area contributed by atoms with Gasteiger partial charge in [-0.15, -0.1) is 0 Å². The molecule has 202 valence electrons. The van der Waals surface area contributed by atoms with Gasteiger partial charge in [0.15, 0.2) is 5.60 Å². The number of carbonyl (C=O) groups excluding carboxylic acids is 1. The number of hydrogen-bond acceptors (Lipinski definition) is 5. The number of ether oxygens (including phenoxy) is 3. The fraction of sp³-hybridized carbons (Fsp3) is 0.333. The van der Waals surface area contributed by atoms with Gasteiger partial charge in [-0.1, -0.05) is 85.5 Å². The average Bonchev–Trinajstić information content (AvgIpc) is 2.99. The van der Waals surface area contributed by atoms with Crippen molar-refractivity contribution in [3.05, 3.63) is 107 Å². The third-order valence-electron chi connectivity index (χ3n) is 7.72. The van der Waals surface area contributed by atoms with Gasteiger partial charge in [-0.05, 0) is 54.3 Å². The monoisotopic (exact) mass is 543 g/mol. The van der Waals surface area contributed by atoms with Crippen LogP contribution in [0.1, 0.15) is 61.3 Å². The van der Waals surface area contributed by atoms with Gasteiger partial charge in [0.1, 0.15) is 5.75 Å².